The maximum Gasteiger partial charge on any atom is 0.307 e. The first-order chi connectivity index (χ1) is 7.85. The fourth-order valence-electron chi connectivity index (χ4n) is 2.23. The summed E-state index contributed by atoms with van der Waals surface area (Å²) in [5.74, 6) is -2.34. The minimum absolute atomic E-state index is 0.190. The lowest BCUT2D eigenvalue weighted by molar-refractivity contribution is -0.151. The molecule has 1 saturated heterocycles. The van der Waals surface area contributed by atoms with Crippen LogP contribution in [0.4, 0.5) is 0 Å². The van der Waals surface area contributed by atoms with Gasteiger partial charge < -0.3 is 15.3 Å². The van der Waals surface area contributed by atoms with Crippen LogP contribution in [0.2, 0.25) is 0 Å². The Kier molecular flexibility index (Phi) is 2.60. The molecule has 1 aliphatic heterocycles. The first-order valence-electron chi connectivity index (χ1n) is 5.68. The Hall–Kier alpha value is -1.59. The first kappa shape index (κ1) is 11.9. The second kappa shape index (κ2) is 3.72. The van der Waals surface area contributed by atoms with Crippen molar-refractivity contribution in [2.24, 2.45) is 11.8 Å². The molecule has 2 N–H and O–H groups in total. The molecule has 2 atom stereocenters. The van der Waals surface area contributed by atoms with Crippen molar-refractivity contribution in [2.75, 3.05) is 13.1 Å². The van der Waals surface area contributed by atoms with Crippen molar-refractivity contribution in [1.29, 1.82) is 0 Å². The number of nitrogens with zero attached hydrogens (tertiary/aromatic N) is 1. The smallest absolute Gasteiger partial charge is 0.307 e. The van der Waals surface area contributed by atoms with Crippen molar-refractivity contribution in [3.05, 3.63) is 0 Å². The molecule has 0 aromatic carbocycles. The molecule has 2 fully saturated rings. The molecule has 0 bridgehead atoms. The standard InChI is InChI=1S/C11H16N2O4/c1-11(2)10(17)12-3-4-13(11)8(14)6-5-7(6)9(15)16/h6-7H,3-5H2,1-2H3,(H,12,17)(H,15,16). The molecule has 94 valence electrons. The summed E-state index contributed by atoms with van der Waals surface area (Å²) in [4.78, 5) is 36.0. The van der Waals surface area contributed by atoms with Gasteiger partial charge in [-0.05, 0) is 20.3 Å². The lowest BCUT2D eigenvalue weighted by Crippen LogP contribution is -2.63. The second-order valence-electron chi connectivity index (χ2n) is 5.09. The van der Waals surface area contributed by atoms with Crippen molar-refractivity contribution in [3.8, 4) is 0 Å². The second-order valence-corrected chi connectivity index (χ2v) is 5.09. The molecular formula is C11H16N2O4. The van der Waals surface area contributed by atoms with Gasteiger partial charge in [0.15, 0.2) is 0 Å². The molecular weight excluding hydrogens is 224 g/mol. The first-order valence-corrected chi connectivity index (χ1v) is 5.68. The number of carboxylic acids is 1. The third-order valence-electron chi connectivity index (χ3n) is 3.54. The molecule has 2 amide bonds. The van der Waals surface area contributed by atoms with Crippen LogP contribution in [-0.2, 0) is 14.4 Å². The molecule has 6 nitrogen and oxygen atoms in total. The Morgan fingerprint density at radius 1 is 1.41 bits per heavy atom. The average molecular weight is 240 g/mol. The van der Waals surface area contributed by atoms with Gasteiger partial charge >= 0.3 is 5.97 Å². The predicted octanol–water partition coefficient (Wildman–Crippen LogP) is -0.556. The molecule has 1 aliphatic carbocycles. The molecule has 1 heterocycles. The molecule has 1 saturated carbocycles. The third-order valence-corrected chi connectivity index (χ3v) is 3.54. The summed E-state index contributed by atoms with van der Waals surface area (Å²) in [5, 5.41) is 11.5. The maximum absolute atomic E-state index is 12.1. The Morgan fingerprint density at radius 3 is 2.59 bits per heavy atom. The van der Waals surface area contributed by atoms with E-state index in [1.165, 1.54) is 4.90 Å². The number of carboxylic acid groups (broad SMARTS) is 1. The van der Waals surface area contributed by atoms with Crippen LogP contribution in [0.5, 0.6) is 0 Å². The van der Waals surface area contributed by atoms with Crippen LogP contribution < -0.4 is 5.32 Å². The SMILES string of the molecule is CC1(C)C(=O)NCCN1C(=O)C1CC1C(=O)O. The van der Waals surface area contributed by atoms with Gasteiger partial charge in [0.2, 0.25) is 11.8 Å². The van der Waals surface area contributed by atoms with Crippen LogP contribution >= 0.6 is 0 Å². The molecule has 0 aromatic rings. The monoisotopic (exact) mass is 240 g/mol. The van der Waals surface area contributed by atoms with Gasteiger partial charge in [-0.3, -0.25) is 14.4 Å². The van der Waals surface area contributed by atoms with E-state index in [0.717, 1.165) is 0 Å². The Bertz CT molecular complexity index is 391. The van der Waals surface area contributed by atoms with Crippen LogP contribution in [0.1, 0.15) is 20.3 Å². The summed E-state index contributed by atoms with van der Waals surface area (Å²) < 4.78 is 0. The predicted molar refractivity (Wildman–Crippen MR) is 58.0 cm³/mol. The Labute approximate surface area is 99.0 Å². The topological polar surface area (TPSA) is 86.7 Å². The largest absolute Gasteiger partial charge is 0.481 e. The quantitative estimate of drug-likeness (QED) is 0.677. The van der Waals surface area contributed by atoms with Crippen LogP contribution in [0.3, 0.4) is 0 Å². The number of piperazine rings is 1. The fourth-order valence-corrected chi connectivity index (χ4v) is 2.23. The van der Waals surface area contributed by atoms with Gasteiger partial charge in [0, 0.05) is 13.1 Å². The summed E-state index contributed by atoms with van der Waals surface area (Å²) >= 11 is 0. The highest BCUT2D eigenvalue weighted by Crippen LogP contribution is 2.41. The van der Waals surface area contributed by atoms with E-state index in [1.54, 1.807) is 13.8 Å². The maximum atomic E-state index is 12.1. The van der Waals surface area contributed by atoms with Crippen molar-refractivity contribution < 1.29 is 19.5 Å². The Balaban J connectivity index is 2.10. The molecule has 2 aliphatic rings. The lowest BCUT2D eigenvalue weighted by atomic mass is 9.98. The summed E-state index contributed by atoms with van der Waals surface area (Å²) in [6.45, 7) is 4.23. The van der Waals surface area contributed by atoms with E-state index in [0.29, 0.717) is 19.5 Å². The summed E-state index contributed by atoms with van der Waals surface area (Å²) in [5.41, 5.74) is -0.888. The van der Waals surface area contributed by atoms with Gasteiger partial charge in [-0.15, -0.1) is 0 Å². The lowest BCUT2D eigenvalue weighted by Gasteiger charge is -2.41. The number of hydrogen-bond acceptors (Lipinski definition) is 3. The molecule has 0 spiro atoms. The molecule has 6 heteroatoms. The number of nitrogens with one attached hydrogen (secondary N) is 1. The van der Waals surface area contributed by atoms with Crippen LogP contribution in [-0.4, -0.2) is 46.4 Å². The number of rotatable bonds is 2. The highest BCUT2D eigenvalue weighted by atomic mass is 16.4. The highest BCUT2D eigenvalue weighted by molar-refractivity contribution is 5.95. The summed E-state index contributed by atoms with van der Waals surface area (Å²) in [6.07, 6.45) is 0.391. The van der Waals surface area contributed by atoms with Crippen LogP contribution in [0.25, 0.3) is 0 Å². The van der Waals surface area contributed by atoms with Crippen LogP contribution in [0, 0.1) is 11.8 Å². The summed E-state index contributed by atoms with van der Waals surface area (Å²) in [7, 11) is 0. The zero-order valence-electron chi connectivity index (χ0n) is 9.90. The third kappa shape index (κ3) is 1.87. The number of carbonyl (C=O) groups excluding carboxylic acids is 2. The number of amides is 2. The average Bonchev–Trinajstić information content (AvgIpc) is 3.01. The van der Waals surface area contributed by atoms with E-state index < -0.39 is 23.3 Å². The van der Waals surface area contributed by atoms with Gasteiger partial charge in [-0.25, -0.2) is 0 Å². The van der Waals surface area contributed by atoms with Crippen molar-refractivity contribution >= 4 is 17.8 Å². The molecule has 0 radical (unpaired) electrons. The van der Waals surface area contributed by atoms with Gasteiger partial charge in [-0.1, -0.05) is 0 Å². The van der Waals surface area contributed by atoms with Crippen molar-refractivity contribution in [3.63, 3.8) is 0 Å². The van der Waals surface area contributed by atoms with Gasteiger partial charge in [0.05, 0.1) is 11.8 Å². The minimum Gasteiger partial charge on any atom is -0.481 e. The van der Waals surface area contributed by atoms with E-state index in [1.807, 2.05) is 0 Å². The Morgan fingerprint density at radius 2 is 2.06 bits per heavy atom. The van der Waals surface area contributed by atoms with Gasteiger partial charge in [0.1, 0.15) is 5.54 Å². The molecule has 17 heavy (non-hydrogen) atoms. The molecule has 2 rings (SSSR count). The van der Waals surface area contributed by atoms with E-state index in [9.17, 15) is 14.4 Å². The number of carbonyl (C=O) groups is 3. The van der Waals surface area contributed by atoms with E-state index >= 15 is 0 Å². The van der Waals surface area contributed by atoms with E-state index in [2.05, 4.69) is 5.32 Å². The summed E-state index contributed by atoms with van der Waals surface area (Å²) in [6, 6.07) is 0. The minimum atomic E-state index is -0.928. The van der Waals surface area contributed by atoms with Crippen LogP contribution in [0.15, 0.2) is 0 Å². The molecule has 0 aromatic heterocycles. The van der Waals surface area contributed by atoms with E-state index in [-0.39, 0.29) is 11.8 Å². The number of hydrogen-bond donors (Lipinski definition) is 2. The highest BCUT2D eigenvalue weighted by Gasteiger charge is 2.53. The molecule has 2 unspecified atom stereocenters. The van der Waals surface area contributed by atoms with Crippen molar-refractivity contribution in [2.45, 2.75) is 25.8 Å². The van der Waals surface area contributed by atoms with E-state index in [4.69, 9.17) is 5.11 Å². The normalized spacial score (nSPS) is 30.7. The fraction of sp³-hybridized carbons (Fsp3) is 0.727. The zero-order valence-corrected chi connectivity index (χ0v) is 9.90. The van der Waals surface area contributed by atoms with Gasteiger partial charge in [0.25, 0.3) is 0 Å². The van der Waals surface area contributed by atoms with Crippen molar-refractivity contribution in [1.82, 2.24) is 10.2 Å². The zero-order chi connectivity index (χ0) is 12.8. The number of aliphatic carboxylic acids is 1. The van der Waals surface area contributed by atoms with Gasteiger partial charge in [-0.2, -0.15) is 0 Å².